The Bertz CT molecular complexity index is 2540. The molecule has 0 amide bonds. The molecule has 0 radical (unpaired) electrons. The molecule has 0 aliphatic heterocycles. The van der Waals surface area contributed by atoms with Gasteiger partial charge in [0.25, 0.3) is 0 Å². The van der Waals surface area contributed by atoms with Crippen molar-refractivity contribution in [2.24, 2.45) is 0 Å². The zero-order chi connectivity index (χ0) is 28.5. The predicted octanol–water partition coefficient (Wildman–Crippen LogP) is 8.74. The lowest BCUT2D eigenvalue weighted by Crippen LogP contribution is -2.25. The van der Waals surface area contributed by atoms with Crippen LogP contribution >= 0.6 is 7.14 Å². The normalized spacial score (nSPS) is 12.3. The number of hydrogen-bond acceptors (Lipinski definition) is 2. The van der Waals surface area contributed by atoms with Gasteiger partial charge < -0.3 is 4.57 Å². The molecule has 0 saturated heterocycles. The molecule has 4 heteroatoms. The quantitative estimate of drug-likeness (QED) is 0.121. The van der Waals surface area contributed by atoms with Gasteiger partial charge in [-0.05, 0) is 57.3 Å². The third kappa shape index (κ3) is 3.43. The van der Waals surface area contributed by atoms with Gasteiger partial charge in [-0.3, -0.25) is 4.40 Å². The van der Waals surface area contributed by atoms with Gasteiger partial charge in [0.1, 0.15) is 5.65 Å². The average molecular weight is 569 g/mol. The summed E-state index contributed by atoms with van der Waals surface area (Å²) in [5.74, 6) is 0. The molecule has 202 valence electrons. The summed E-state index contributed by atoms with van der Waals surface area (Å²) in [6, 6.07) is 51.9. The van der Waals surface area contributed by atoms with Crippen molar-refractivity contribution in [1.29, 1.82) is 0 Å². The van der Waals surface area contributed by atoms with Gasteiger partial charge >= 0.3 is 0 Å². The summed E-state index contributed by atoms with van der Waals surface area (Å²) < 4.78 is 18.1. The fourth-order valence-corrected chi connectivity index (χ4v) is 9.72. The van der Waals surface area contributed by atoms with E-state index in [1.807, 2.05) is 72.8 Å². The molecule has 0 bridgehead atoms. The van der Waals surface area contributed by atoms with Gasteiger partial charge in [-0.25, -0.2) is 4.98 Å². The maximum Gasteiger partial charge on any atom is 0.171 e. The third-order valence-corrected chi connectivity index (χ3v) is 11.9. The Labute approximate surface area is 248 Å². The van der Waals surface area contributed by atoms with E-state index in [4.69, 9.17) is 4.98 Å². The van der Waals surface area contributed by atoms with Crippen LogP contribution in [-0.4, -0.2) is 9.38 Å². The van der Waals surface area contributed by atoms with Crippen molar-refractivity contribution in [2.75, 3.05) is 0 Å². The Balaban J connectivity index is 1.56. The maximum absolute atomic E-state index is 15.8. The summed E-state index contributed by atoms with van der Waals surface area (Å²) in [6.45, 7) is 0. The lowest BCUT2D eigenvalue weighted by molar-refractivity contribution is 0.592. The first-order chi connectivity index (χ1) is 21.2. The lowest BCUT2D eigenvalue weighted by Gasteiger charge is -2.23. The molecule has 0 aliphatic carbocycles. The Morgan fingerprint density at radius 2 is 1.07 bits per heavy atom. The topological polar surface area (TPSA) is 34.4 Å². The van der Waals surface area contributed by atoms with Crippen molar-refractivity contribution in [3.05, 3.63) is 152 Å². The van der Waals surface area contributed by atoms with E-state index in [1.165, 1.54) is 10.8 Å². The molecule has 0 aliphatic rings. The van der Waals surface area contributed by atoms with Crippen molar-refractivity contribution in [3.63, 3.8) is 0 Å². The Morgan fingerprint density at radius 1 is 0.488 bits per heavy atom. The molecule has 0 N–H and O–H groups in total. The lowest BCUT2D eigenvalue weighted by atomic mass is 9.97. The molecule has 9 aromatic rings. The van der Waals surface area contributed by atoms with Crippen LogP contribution in [0.25, 0.3) is 59.9 Å². The number of para-hydroxylation sites is 2. The van der Waals surface area contributed by atoms with Crippen molar-refractivity contribution < 1.29 is 4.57 Å². The summed E-state index contributed by atoms with van der Waals surface area (Å²) in [5.41, 5.74) is 4.03. The number of nitrogens with zero attached hydrogens (tertiary/aromatic N) is 2. The first-order valence-electron chi connectivity index (χ1n) is 14.5. The molecular formula is C39H25N2OP. The van der Waals surface area contributed by atoms with Gasteiger partial charge in [0.15, 0.2) is 7.14 Å². The molecule has 0 spiro atoms. The van der Waals surface area contributed by atoms with E-state index in [0.29, 0.717) is 0 Å². The number of imidazole rings is 1. The van der Waals surface area contributed by atoms with Crippen LogP contribution in [0.4, 0.5) is 0 Å². The fraction of sp³-hybridized carbons (Fsp3) is 0. The van der Waals surface area contributed by atoms with Crippen LogP contribution in [0.15, 0.2) is 152 Å². The van der Waals surface area contributed by atoms with Crippen molar-refractivity contribution >= 4 is 83.0 Å². The van der Waals surface area contributed by atoms with E-state index in [1.54, 1.807) is 0 Å². The molecule has 3 nitrogen and oxygen atoms in total. The minimum Gasteiger partial charge on any atom is -0.309 e. The van der Waals surface area contributed by atoms with Gasteiger partial charge in [-0.2, -0.15) is 0 Å². The fourth-order valence-electron chi connectivity index (χ4n) is 6.84. The molecule has 0 saturated carbocycles. The number of aromatic nitrogens is 2. The van der Waals surface area contributed by atoms with Crippen molar-refractivity contribution in [1.82, 2.24) is 9.38 Å². The van der Waals surface area contributed by atoms with Gasteiger partial charge in [0.2, 0.25) is 0 Å². The number of fused-ring (bicyclic) bond motifs is 11. The smallest absolute Gasteiger partial charge is 0.171 e. The second-order valence-corrected chi connectivity index (χ2v) is 13.9. The van der Waals surface area contributed by atoms with E-state index in [-0.39, 0.29) is 0 Å². The van der Waals surface area contributed by atoms with Crippen molar-refractivity contribution in [2.45, 2.75) is 0 Å². The minimum atomic E-state index is -3.27. The third-order valence-electron chi connectivity index (χ3n) is 8.78. The standard InChI is InChI=1S/C39H25N2OP/c42-43(28-15-3-1-4-16-28,29-17-5-2-6-18-29)37-25-33-32-23-26-13-7-8-14-27(26)24-36(32)41-35-22-12-11-21-34(35)40-39(41)38(33)31-20-10-9-19-30(31)37/h1-25H. The highest BCUT2D eigenvalue weighted by Crippen LogP contribution is 2.47. The van der Waals surface area contributed by atoms with Gasteiger partial charge in [-0.1, -0.05) is 121 Å². The summed E-state index contributed by atoms with van der Waals surface area (Å²) in [5, 5.41) is 10.1. The highest BCUT2D eigenvalue weighted by molar-refractivity contribution is 7.85. The molecule has 2 heterocycles. The van der Waals surface area contributed by atoms with E-state index < -0.39 is 7.14 Å². The number of benzene rings is 7. The number of pyridine rings is 1. The van der Waals surface area contributed by atoms with Gasteiger partial charge in [-0.15, -0.1) is 0 Å². The summed E-state index contributed by atoms with van der Waals surface area (Å²) in [7, 11) is -3.27. The second-order valence-electron chi connectivity index (χ2n) is 11.1. The molecular weight excluding hydrogens is 543 g/mol. The Hall–Kier alpha value is -5.24. The van der Waals surface area contributed by atoms with Gasteiger partial charge in [0, 0.05) is 26.7 Å². The molecule has 9 rings (SSSR count). The Kier molecular flexibility index (Phi) is 5.17. The van der Waals surface area contributed by atoms with E-state index in [0.717, 1.165) is 65.0 Å². The summed E-state index contributed by atoms with van der Waals surface area (Å²) in [4.78, 5) is 5.23. The first-order valence-corrected chi connectivity index (χ1v) is 16.2. The monoisotopic (exact) mass is 568 g/mol. The van der Waals surface area contributed by atoms with E-state index in [2.05, 4.69) is 83.3 Å². The molecule has 0 fully saturated rings. The molecule has 43 heavy (non-hydrogen) atoms. The SMILES string of the molecule is O=P(c1ccccc1)(c1ccccc1)c1cc2c3cc4ccccc4cc3n3c4ccccc4nc3c2c2ccccc12. The highest BCUT2D eigenvalue weighted by atomic mass is 31.2. The molecule has 7 aromatic carbocycles. The van der Waals surface area contributed by atoms with Crippen LogP contribution in [0.3, 0.4) is 0 Å². The molecule has 0 unspecified atom stereocenters. The molecule has 2 aromatic heterocycles. The largest absolute Gasteiger partial charge is 0.309 e. The zero-order valence-corrected chi connectivity index (χ0v) is 24.1. The van der Waals surface area contributed by atoms with Crippen LogP contribution in [0, 0.1) is 0 Å². The zero-order valence-electron chi connectivity index (χ0n) is 23.2. The van der Waals surface area contributed by atoms with Gasteiger partial charge in [0.05, 0.1) is 16.6 Å². The summed E-state index contributed by atoms with van der Waals surface area (Å²) in [6.07, 6.45) is 0. The average Bonchev–Trinajstić information content (AvgIpc) is 3.47. The highest BCUT2D eigenvalue weighted by Gasteiger charge is 2.32. The van der Waals surface area contributed by atoms with Crippen LogP contribution in [0.5, 0.6) is 0 Å². The van der Waals surface area contributed by atoms with Crippen LogP contribution in [0.2, 0.25) is 0 Å². The molecule has 0 atom stereocenters. The number of rotatable bonds is 3. The summed E-state index contributed by atoms with van der Waals surface area (Å²) >= 11 is 0. The van der Waals surface area contributed by atoms with Crippen LogP contribution in [-0.2, 0) is 4.57 Å². The predicted molar refractivity (Wildman–Crippen MR) is 182 cm³/mol. The van der Waals surface area contributed by atoms with Crippen LogP contribution < -0.4 is 15.9 Å². The van der Waals surface area contributed by atoms with E-state index >= 15 is 4.57 Å². The Morgan fingerprint density at radius 3 is 1.79 bits per heavy atom. The first kappa shape index (κ1) is 24.4. The second kappa shape index (κ2) is 9.13. The number of hydrogen-bond donors (Lipinski definition) is 0. The maximum atomic E-state index is 15.8. The minimum absolute atomic E-state index is 0.827. The van der Waals surface area contributed by atoms with E-state index in [9.17, 15) is 0 Å². The van der Waals surface area contributed by atoms with Crippen LogP contribution in [0.1, 0.15) is 0 Å². The van der Waals surface area contributed by atoms with Crippen molar-refractivity contribution in [3.8, 4) is 0 Å².